The minimum atomic E-state index is -1.97. The van der Waals surface area contributed by atoms with Crippen LogP contribution in [0.4, 0.5) is 0 Å². The van der Waals surface area contributed by atoms with E-state index in [1.54, 1.807) is 0 Å². The van der Waals surface area contributed by atoms with Crippen LogP contribution in [0, 0.1) is 48.5 Å². The summed E-state index contributed by atoms with van der Waals surface area (Å²) in [5.74, 6) is 0. The van der Waals surface area contributed by atoms with Crippen LogP contribution in [0.15, 0.2) is 200 Å². The molecule has 0 saturated heterocycles. The summed E-state index contributed by atoms with van der Waals surface area (Å²) in [4.78, 5) is 0. The van der Waals surface area contributed by atoms with E-state index in [0.29, 0.717) is 0 Å². The first-order chi connectivity index (χ1) is 27.6. The molecule has 0 atom stereocenters. The predicted molar refractivity (Wildman–Crippen MR) is 254 cm³/mol. The molecule has 57 heavy (non-hydrogen) atoms. The van der Waals surface area contributed by atoms with Gasteiger partial charge in [-0.1, -0.05) is 191 Å². The second-order valence-electron chi connectivity index (χ2n) is 16.0. The topological polar surface area (TPSA) is 0 Å². The largest absolute Gasteiger partial charge is 0.195 e. The maximum absolute atomic E-state index is 2.33. The van der Waals surface area contributed by atoms with Crippen LogP contribution in [0.2, 0.25) is 0 Å². The molecular weight excluding hydrogens is 702 g/mol. The van der Waals surface area contributed by atoms with E-state index in [1.165, 1.54) is 82.0 Å². The molecule has 8 aromatic carbocycles. The molecule has 0 fully saturated rings. The van der Waals surface area contributed by atoms with Crippen molar-refractivity contribution in [2.75, 3.05) is 0 Å². The van der Waals surface area contributed by atoms with Crippen molar-refractivity contribution in [3.8, 4) is 0 Å². The van der Waals surface area contributed by atoms with E-state index in [4.69, 9.17) is 0 Å². The first-order valence-corrected chi connectivity index (χ1v) is 22.0. The third kappa shape index (κ3) is 8.09. The van der Waals surface area contributed by atoms with Gasteiger partial charge in [0.2, 0.25) is 0 Å². The van der Waals surface area contributed by atoms with Gasteiger partial charge in [0.15, 0.2) is 0 Å². The molecule has 0 unspecified atom stereocenters. The minimum Gasteiger partial charge on any atom is -0.195 e. The second kappa shape index (κ2) is 17.2. The molecule has 0 aromatic heterocycles. The van der Waals surface area contributed by atoms with Gasteiger partial charge in [0.05, 0.1) is 0 Å². The highest BCUT2D eigenvalue weighted by molar-refractivity contribution is 8.01. The highest BCUT2D eigenvalue weighted by Gasteiger charge is 2.47. The average Bonchev–Trinajstić information content (AvgIpc) is 3.23. The van der Waals surface area contributed by atoms with E-state index in [9.17, 15) is 0 Å². The minimum absolute atomic E-state index is 1.27. The zero-order chi connectivity index (χ0) is 40.0. The smallest absolute Gasteiger partial charge is 0.144 e. The van der Waals surface area contributed by atoms with Gasteiger partial charge in [-0.05, 0) is 97.0 Å². The van der Waals surface area contributed by atoms with E-state index in [0.717, 1.165) is 0 Å². The summed E-state index contributed by atoms with van der Waals surface area (Å²) in [6, 6.07) is 74.9. The van der Waals surface area contributed by atoms with E-state index in [-0.39, 0.29) is 0 Å². The van der Waals surface area contributed by atoms with Crippen LogP contribution in [0.1, 0.15) is 38.9 Å². The Kier molecular flexibility index (Phi) is 11.9. The van der Waals surface area contributed by atoms with Crippen molar-refractivity contribution in [2.24, 2.45) is 0 Å². The van der Waals surface area contributed by atoms with Crippen LogP contribution in [0.5, 0.6) is 0 Å². The van der Waals surface area contributed by atoms with Gasteiger partial charge in [-0.3, -0.25) is 0 Å². The molecule has 282 valence electrons. The third-order valence-electron chi connectivity index (χ3n) is 11.7. The van der Waals surface area contributed by atoms with Crippen molar-refractivity contribution >= 4 is 56.5 Å². The van der Waals surface area contributed by atoms with E-state index >= 15 is 0 Å². The van der Waals surface area contributed by atoms with Crippen LogP contribution >= 0.6 is 7.26 Å². The van der Waals surface area contributed by atoms with Gasteiger partial charge in [0.1, 0.15) is 34.6 Å². The van der Waals surface area contributed by atoms with Gasteiger partial charge in [-0.2, -0.15) is 21.9 Å². The number of rotatable bonds is 8. The summed E-state index contributed by atoms with van der Waals surface area (Å²) in [6.45, 7) is 15.1. The Morgan fingerprint density at radius 3 is 0.649 bits per heavy atom. The number of hydrogen-bond acceptors (Lipinski definition) is 0. The molecule has 0 heterocycles. The summed E-state index contributed by atoms with van der Waals surface area (Å²) in [7, 11) is -1.97. The Morgan fingerprint density at radius 1 is 0.228 bits per heavy atom. The normalized spacial score (nSPS) is 11.4. The molecule has 0 nitrogen and oxygen atoms in total. The summed E-state index contributed by atoms with van der Waals surface area (Å²) >= 11 is 0. The predicted octanol–water partition coefficient (Wildman–Crippen LogP) is 9.53. The lowest BCUT2D eigenvalue weighted by Gasteiger charge is -2.44. The van der Waals surface area contributed by atoms with E-state index < -0.39 is 13.4 Å². The molecule has 0 aliphatic rings. The van der Waals surface area contributed by atoms with E-state index in [1.807, 2.05) is 0 Å². The maximum Gasteiger partial charge on any atom is 0.144 e. The van der Waals surface area contributed by atoms with Gasteiger partial charge in [-0.15, -0.1) is 0 Å². The molecular formula is C55H54BP. The second-order valence-corrected chi connectivity index (χ2v) is 19.4. The Hall–Kier alpha value is -5.75. The molecule has 0 amide bonds. The van der Waals surface area contributed by atoms with Gasteiger partial charge in [-0.25, -0.2) is 0 Å². The molecule has 0 radical (unpaired) electrons. The zero-order valence-corrected chi connectivity index (χ0v) is 35.5. The SMILES string of the molecule is Cc1ccc([B-](c2ccc(C)cc2)(c2ccc(C)cc2)c2ccc(C)cc2)cc1.Cc1ccc([P+](c2ccccc2)(c2ccc(C)cc2)c2ccc(C)cc2)cc1. The molecule has 0 aliphatic heterocycles. The lowest BCUT2D eigenvalue weighted by molar-refractivity contribution is 1.46. The first kappa shape index (κ1) is 39.5. The Labute approximate surface area is 342 Å². The number of benzene rings is 8. The first-order valence-electron chi connectivity index (χ1n) is 20.2. The van der Waals surface area contributed by atoms with Gasteiger partial charge >= 0.3 is 0 Å². The van der Waals surface area contributed by atoms with Gasteiger partial charge in [0, 0.05) is 0 Å². The Balaban J connectivity index is 0.000000174. The van der Waals surface area contributed by atoms with Crippen molar-refractivity contribution in [1.29, 1.82) is 0 Å². The summed E-state index contributed by atoms with van der Waals surface area (Å²) in [6.07, 6.45) is -1.27. The molecule has 8 aromatic rings. The maximum atomic E-state index is 2.33. The third-order valence-corrected chi connectivity index (χ3v) is 16.0. The number of aryl methyl sites for hydroxylation is 7. The van der Waals surface area contributed by atoms with Crippen molar-refractivity contribution in [3.63, 3.8) is 0 Å². The lowest BCUT2D eigenvalue weighted by Crippen LogP contribution is -2.74. The summed E-state index contributed by atoms with van der Waals surface area (Å²) in [5, 5.41) is 5.59. The van der Waals surface area contributed by atoms with Crippen LogP contribution < -0.4 is 43.1 Å². The fraction of sp³-hybridized carbons (Fsp3) is 0.127. The van der Waals surface area contributed by atoms with Crippen LogP contribution in [-0.4, -0.2) is 6.15 Å². The zero-order valence-electron chi connectivity index (χ0n) is 34.6. The van der Waals surface area contributed by atoms with Crippen molar-refractivity contribution in [1.82, 2.24) is 0 Å². The van der Waals surface area contributed by atoms with Gasteiger partial charge < -0.3 is 0 Å². The highest BCUT2D eigenvalue weighted by Crippen LogP contribution is 2.54. The van der Waals surface area contributed by atoms with E-state index in [2.05, 4.69) is 249 Å². The molecule has 0 spiro atoms. The van der Waals surface area contributed by atoms with Crippen LogP contribution in [0.3, 0.4) is 0 Å². The molecule has 2 heteroatoms. The van der Waals surface area contributed by atoms with Crippen molar-refractivity contribution in [2.45, 2.75) is 48.5 Å². The molecule has 0 saturated carbocycles. The fourth-order valence-corrected chi connectivity index (χ4v) is 12.6. The lowest BCUT2D eigenvalue weighted by atomic mass is 9.13. The Bertz CT molecular complexity index is 2200. The van der Waals surface area contributed by atoms with Crippen LogP contribution in [0.25, 0.3) is 0 Å². The van der Waals surface area contributed by atoms with Crippen LogP contribution in [-0.2, 0) is 0 Å². The fourth-order valence-electron chi connectivity index (χ4n) is 8.43. The standard InChI is InChI=1S/C28H28B.C27H26P/c1-21-5-13-25(14-6-21)29(26-15-7-22(2)8-16-26,27-17-9-23(3)10-18-27)28-19-11-24(4)12-20-28;1-21-9-15-25(16-10-21)28(24-7-5-4-6-8-24,26-17-11-22(2)12-18-26)27-19-13-23(3)14-20-27/h5-20H,1-4H3;4-20H,1-3H3/q-1;+1. The average molecular weight is 757 g/mol. The quantitative estimate of drug-likeness (QED) is 0.107. The highest BCUT2D eigenvalue weighted by atomic mass is 31.2. The molecule has 0 bridgehead atoms. The molecule has 8 rings (SSSR count). The molecule has 0 aliphatic carbocycles. The van der Waals surface area contributed by atoms with Gasteiger partial charge in [0.25, 0.3) is 0 Å². The van der Waals surface area contributed by atoms with Crippen molar-refractivity contribution < 1.29 is 0 Å². The Morgan fingerprint density at radius 2 is 0.421 bits per heavy atom. The van der Waals surface area contributed by atoms with Crippen molar-refractivity contribution in [3.05, 3.63) is 239 Å². The molecule has 0 N–H and O–H groups in total. The summed E-state index contributed by atoms with van der Waals surface area (Å²) < 4.78 is 0. The monoisotopic (exact) mass is 756 g/mol. The number of hydrogen-bond donors (Lipinski definition) is 0. The summed E-state index contributed by atoms with van der Waals surface area (Å²) in [5.41, 5.74) is 14.4.